The van der Waals surface area contributed by atoms with Gasteiger partial charge in [-0.15, -0.1) is 0 Å². The maximum absolute atomic E-state index is 12.6. The van der Waals surface area contributed by atoms with Crippen molar-refractivity contribution in [2.75, 3.05) is 18.4 Å². The highest BCUT2D eigenvalue weighted by atomic mass is 16.6. The highest BCUT2D eigenvalue weighted by Gasteiger charge is 2.75. The van der Waals surface area contributed by atoms with Crippen molar-refractivity contribution >= 4 is 28.6 Å². The van der Waals surface area contributed by atoms with Gasteiger partial charge in [0.05, 0.1) is 17.4 Å². The van der Waals surface area contributed by atoms with E-state index in [2.05, 4.69) is 22.4 Å². The van der Waals surface area contributed by atoms with Gasteiger partial charge in [-0.3, -0.25) is 4.79 Å². The van der Waals surface area contributed by atoms with Crippen molar-refractivity contribution in [2.24, 2.45) is 11.3 Å². The lowest BCUT2D eigenvalue weighted by molar-refractivity contribution is -0.124. The van der Waals surface area contributed by atoms with Crippen molar-refractivity contribution in [3.05, 3.63) is 36.0 Å². The van der Waals surface area contributed by atoms with Crippen LogP contribution in [0, 0.1) is 22.7 Å². The van der Waals surface area contributed by atoms with Gasteiger partial charge < -0.3 is 15.0 Å². The third-order valence-corrected chi connectivity index (χ3v) is 6.80. The van der Waals surface area contributed by atoms with Crippen LogP contribution in [0.25, 0.3) is 10.8 Å². The topological polar surface area (TPSA) is 95.3 Å². The summed E-state index contributed by atoms with van der Waals surface area (Å²) in [4.78, 5) is 30.5. The summed E-state index contributed by atoms with van der Waals surface area (Å²) in [5, 5.41) is 14.6. The number of amides is 2. The third-order valence-electron chi connectivity index (χ3n) is 6.80. The van der Waals surface area contributed by atoms with Crippen LogP contribution < -0.4 is 5.32 Å². The first-order chi connectivity index (χ1) is 14.6. The molecule has 7 heteroatoms. The highest BCUT2D eigenvalue weighted by Crippen LogP contribution is 2.78. The number of benzene rings is 1. The van der Waals surface area contributed by atoms with E-state index in [1.54, 1.807) is 6.20 Å². The second-order valence-electron chi connectivity index (χ2n) is 10.2. The minimum Gasteiger partial charge on any atom is -0.444 e. The minimum atomic E-state index is -0.554. The predicted octanol–water partition coefficient (Wildman–Crippen LogP) is 3.99. The lowest BCUT2D eigenvalue weighted by Gasteiger charge is -2.38. The van der Waals surface area contributed by atoms with E-state index < -0.39 is 11.7 Å². The monoisotopic (exact) mass is 418 g/mol. The molecule has 5 rings (SSSR count). The number of hydrogen-bond acceptors (Lipinski definition) is 5. The van der Waals surface area contributed by atoms with Crippen LogP contribution in [0.1, 0.15) is 45.6 Å². The average Bonchev–Trinajstić information content (AvgIpc) is 3.56. The first kappa shape index (κ1) is 19.8. The Bertz CT molecular complexity index is 1140. The quantitative estimate of drug-likeness (QED) is 0.813. The van der Waals surface area contributed by atoms with E-state index in [9.17, 15) is 14.9 Å². The number of ether oxygens (including phenoxy) is 1. The Hall–Kier alpha value is -3.14. The molecule has 3 aliphatic rings. The Morgan fingerprint density at radius 3 is 2.58 bits per heavy atom. The molecule has 2 heterocycles. The van der Waals surface area contributed by atoms with Crippen LogP contribution in [0.5, 0.6) is 0 Å². The van der Waals surface area contributed by atoms with Crippen LogP contribution in [-0.2, 0) is 14.9 Å². The molecular formula is C24H26N4O3. The Kier molecular flexibility index (Phi) is 4.11. The van der Waals surface area contributed by atoms with Crippen LogP contribution in [0.3, 0.4) is 0 Å². The van der Waals surface area contributed by atoms with Crippen molar-refractivity contribution in [3.63, 3.8) is 0 Å². The van der Waals surface area contributed by atoms with Gasteiger partial charge in [0.15, 0.2) is 0 Å². The summed E-state index contributed by atoms with van der Waals surface area (Å²) in [5.41, 5.74) is 0.381. The minimum absolute atomic E-state index is 0.157. The molecule has 1 spiro atoms. The van der Waals surface area contributed by atoms with Crippen LogP contribution in [-0.4, -0.2) is 40.6 Å². The van der Waals surface area contributed by atoms with Gasteiger partial charge in [-0.1, -0.05) is 12.1 Å². The molecule has 0 bridgehead atoms. The van der Waals surface area contributed by atoms with Crippen molar-refractivity contribution < 1.29 is 14.3 Å². The summed E-state index contributed by atoms with van der Waals surface area (Å²) in [6, 6.07) is 10.5. The lowest BCUT2D eigenvalue weighted by atomic mass is 9.92. The number of nitrogens with one attached hydrogen (secondary N) is 1. The van der Waals surface area contributed by atoms with E-state index in [0.717, 1.165) is 35.6 Å². The number of carbonyl (C=O) groups is 2. The molecule has 2 saturated carbocycles. The first-order valence-electron chi connectivity index (χ1n) is 10.8. The van der Waals surface area contributed by atoms with E-state index in [-0.39, 0.29) is 22.7 Å². The molecule has 1 aromatic heterocycles. The molecule has 1 aliphatic heterocycles. The van der Waals surface area contributed by atoms with Crippen LogP contribution in [0.2, 0.25) is 0 Å². The summed E-state index contributed by atoms with van der Waals surface area (Å²) in [6.45, 7) is 6.13. The van der Waals surface area contributed by atoms with Crippen molar-refractivity contribution in [3.8, 4) is 6.07 Å². The second kappa shape index (κ2) is 6.43. The summed E-state index contributed by atoms with van der Waals surface area (Å²) >= 11 is 0. The summed E-state index contributed by atoms with van der Waals surface area (Å²) in [7, 11) is 0. The molecule has 1 unspecified atom stereocenters. The van der Waals surface area contributed by atoms with Crippen molar-refractivity contribution in [1.82, 2.24) is 9.88 Å². The van der Waals surface area contributed by atoms with E-state index >= 15 is 0 Å². The summed E-state index contributed by atoms with van der Waals surface area (Å²) < 4.78 is 5.33. The fourth-order valence-electron chi connectivity index (χ4n) is 4.67. The SMILES string of the molecule is CC(C)(C)OC(=O)N1CC(C(=O)Nc2cc3cc(C4(C#N)CC45CC5)ccc3cn2)C1. The van der Waals surface area contributed by atoms with Crippen LogP contribution in [0.15, 0.2) is 30.5 Å². The number of nitriles is 1. The number of nitrogens with zero attached hydrogens (tertiary/aromatic N) is 3. The fraction of sp³-hybridized carbons (Fsp3) is 0.500. The number of aromatic nitrogens is 1. The molecule has 7 nitrogen and oxygen atoms in total. The number of fused-ring (bicyclic) bond motifs is 1. The van der Waals surface area contributed by atoms with Gasteiger partial charge >= 0.3 is 6.09 Å². The first-order valence-corrected chi connectivity index (χ1v) is 10.8. The number of likely N-dealkylation sites (tertiary alicyclic amines) is 1. The Morgan fingerprint density at radius 1 is 1.23 bits per heavy atom. The van der Waals surface area contributed by atoms with Gasteiger partial charge in [-0.05, 0) is 68.5 Å². The third kappa shape index (κ3) is 3.31. The molecule has 1 aromatic carbocycles. The van der Waals surface area contributed by atoms with E-state index in [1.807, 2.05) is 39.0 Å². The zero-order valence-electron chi connectivity index (χ0n) is 18.1. The molecule has 3 fully saturated rings. The maximum atomic E-state index is 12.6. The van der Waals surface area contributed by atoms with Crippen molar-refractivity contribution in [2.45, 2.75) is 51.0 Å². The molecule has 1 saturated heterocycles. The largest absolute Gasteiger partial charge is 0.444 e. The second-order valence-corrected chi connectivity index (χ2v) is 10.2. The molecule has 2 aliphatic carbocycles. The molecule has 1 atom stereocenters. The van der Waals surface area contributed by atoms with Gasteiger partial charge in [0.25, 0.3) is 0 Å². The van der Waals surface area contributed by atoms with Crippen molar-refractivity contribution in [1.29, 1.82) is 5.26 Å². The Labute approximate surface area is 181 Å². The fourth-order valence-corrected chi connectivity index (χ4v) is 4.67. The number of hydrogen-bond donors (Lipinski definition) is 1. The van der Waals surface area contributed by atoms with Crippen LogP contribution in [0.4, 0.5) is 10.6 Å². The Balaban J connectivity index is 1.26. The molecule has 2 amide bonds. The maximum Gasteiger partial charge on any atom is 0.410 e. The number of anilines is 1. The summed E-state index contributed by atoms with van der Waals surface area (Å²) in [5.74, 6) is 0.0446. The van der Waals surface area contributed by atoms with Crippen LogP contribution >= 0.6 is 0 Å². The Morgan fingerprint density at radius 2 is 1.97 bits per heavy atom. The van der Waals surface area contributed by atoms with Gasteiger partial charge in [-0.25, -0.2) is 9.78 Å². The predicted molar refractivity (Wildman–Crippen MR) is 115 cm³/mol. The molecule has 0 radical (unpaired) electrons. The molecule has 31 heavy (non-hydrogen) atoms. The number of rotatable bonds is 3. The van der Waals surface area contributed by atoms with Gasteiger partial charge in [0.2, 0.25) is 5.91 Å². The molecular weight excluding hydrogens is 392 g/mol. The normalized spacial score (nSPS) is 23.7. The van der Waals surface area contributed by atoms with E-state index in [1.165, 1.54) is 4.90 Å². The standard InChI is InChI=1S/C24H26N4O3/c1-22(2,3)31-21(30)28-11-17(12-28)20(29)27-19-9-16-8-18(5-4-15(16)10-26-19)24(14-25)13-23(24)6-7-23/h4-5,8-10,17H,6-7,11-13H2,1-3H3,(H,26,27,29). The molecule has 160 valence electrons. The van der Waals surface area contributed by atoms with E-state index in [0.29, 0.717) is 18.9 Å². The van der Waals surface area contributed by atoms with Gasteiger partial charge in [-0.2, -0.15) is 5.26 Å². The highest BCUT2D eigenvalue weighted by molar-refractivity contribution is 5.95. The zero-order chi connectivity index (χ0) is 22.0. The van der Waals surface area contributed by atoms with E-state index in [4.69, 9.17) is 4.74 Å². The smallest absolute Gasteiger partial charge is 0.410 e. The average molecular weight is 418 g/mol. The summed E-state index contributed by atoms with van der Waals surface area (Å²) in [6.07, 6.45) is 4.57. The number of carbonyl (C=O) groups excluding carboxylic acids is 2. The van der Waals surface area contributed by atoms with Gasteiger partial charge in [0.1, 0.15) is 11.4 Å². The molecule has 2 aromatic rings. The lowest BCUT2D eigenvalue weighted by Crippen LogP contribution is -2.55. The zero-order valence-corrected chi connectivity index (χ0v) is 18.1. The molecule has 1 N–H and O–H groups in total. The van der Waals surface area contributed by atoms with Gasteiger partial charge in [0, 0.05) is 24.7 Å². The number of pyridine rings is 1.